The summed E-state index contributed by atoms with van der Waals surface area (Å²) in [5.41, 5.74) is 0.552. The number of nitrogens with one attached hydrogen (secondary N) is 1. The van der Waals surface area contributed by atoms with Gasteiger partial charge < -0.3 is 9.88 Å². The maximum atomic E-state index is 14.5. The number of rotatable bonds is 5. The highest BCUT2D eigenvalue weighted by Gasteiger charge is 2.42. The van der Waals surface area contributed by atoms with Gasteiger partial charge in [-0.05, 0) is 30.7 Å². The van der Waals surface area contributed by atoms with Crippen molar-refractivity contribution in [3.8, 4) is 0 Å². The summed E-state index contributed by atoms with van der Waals surface area (Å²) in [7, 11) is -2.21. The Morgan fingerprint density at radius 3 is 2.63 bits per heavy atom. The summed E-state index contributed by atoms with van der Waals surface area (Å²) < 4.78 is 56.9. The first kappa shape index (κ1) is 20.4. The van der Waals surface area contributed by atoms with Crippen molar-refractivity contribution in [2.24, 2.45) is 7.05 Å². The first-order chi connectivity index (χ1) is 14.3. The second-order valence-electron chi connectivity index (χ2n) is 7.25. The average Bonchev–Trinajstić information content (AvgIpc) is 3.32. The van der Waals surface area contributed by atoms with E-state index in [4.69, 9.17) is 0 Å². The summed E-state index contributed by atoms with van der Waals surface area (Å²) in [6.45, 7) is 1.67. The van der Waals surface area contributed by atoms with Crippen molar-refractivity contribution in [2.45, 2.75) is 23.9 Å². The van der Waals surface area contributed by atoms with Crippen LogP contribution in [0.3, 0.4) is 0 Å². The van der Waals surface area contributed by atoms with Crippen LogP contribution >= 0.6 is 0 Å². The maximum Gasteiger partial charge on any atom is 0.262 e. The standard InChI is InChI=1S/C19H20F2N6O2S/c1-12-6-17(23-7-15(12)21)25-16-9-27(30(28,29)18-10-26(2)11-24-18)8-13(16)19-14(20)4-3-5-22-19/h3-7,10-11,13,16H,8-9H2,1-2H3,(H,23,25)/t13-,16-/m0/s1. The van der Waals surface area contributed by atoms with Crippen LogP contribution in [0.25, 0.3) is 0 Å². The molecule has 3 aromatic rings. The van der Waals surface area contributed by atoms with Crippen LogP contribution in [0.4, 0.5) is 14.6 Å². The van der Waals surface area contributed by atoms with Gasteiger partial charge in [-0.3, -0.25) is 4.98 Å². The number of imidazole rings is 1. The van der Waals surface area contributed by atoms with E-state index in [-0.39, 0.29) is 23.8 Å². The SMILES string of the molecule is Cc1cc(N[C@H]2CN(S(=O)(=O)c3cn(C)cn3)C[C@@H]2c2ncccc2F)ncc1F. The molecule has 1 aliphatic heterocycles. The molecule has 4 rings (SSSR count). The van der Waals surface area contributed by atoms with Crippen LogP contribution in [0, 0.1) is 18.6 Å². The number of hydrogen-bond acceptors (Lipinski definition) is 6. The Bertz CT molecular complexity index is 1180. The predicted octanol–water partition coefficient (Wildman–Crippen LogP) is 2.07. The van der Waals surface area contributed by atoms with Crippen molar-refractivity contribution in [2.75, 3.05) is 18.4 Å². The van der Waals surface area contributed by atoms with Crippen LogP contribution in [0.5, 0.6) is 0 Å². The quantitative estimate of drug-likeness (QED) is 0.661. The highest BCUT2D eigenvalue weighted by Crippen LogP contribution is 2.33. The largest absolute Gasteiger partial charge is 0.365 e. The molecule has 1 aliphatic rings. The highest BCUT2D eigenvalue weighted by atomic mass is 32.2. The van der Waals surface area contributed by atoms with Gasteiger partial charge in [-0.25, -0.2) is 27.2 Å². The zero-order valence-corrected chi connectivity index (χ0v) is 17.1. The lowest BCUT2D eigenvalue weighted by Crippen LogP contribution is -2.32. The number of hydrogen-bond donors (Lipinski definition) is 1. The lowest BCUT2D eigenvalue weighted by atomic mass is 9.98. The predicted molar refractivity (Wildman–Crippen MR) is 105 cm³/mol. The normalized spacial score (nSPS) is 19.9. The molecule has 8 nitrogen and oxygen atoms in total. The zero-order chi connectivity index (χ0) is 21.5. The summed E-state index contributed by atoms with van der Waals surface area (Å²) >= 11 is 0. The van der Waals surface area contributed by atoms with E-state index >= 15 is 0 Å². The van der Waals surface area contributed by atoms with Gasteiger partial charge in [0.2, 0.25) is 0 Å². The molecule has 4 heterocycles. The lowest BCUT2D eigenvalue weighted by Gasteiger charge is -2.20. The van der Waals surface area contributed by atoms with E-state index in [2.05, 4.69) is 20.3 Å². The van der Waals surface area contributed by atoms with Gasteiger partial charge in [0.1, 0.15) is 17.5 Å². The molecule has 11 heteroatoms. The molecular formula is C19H20F2N6O2S. The minimum atomic E-state index is -3.88. The lowest BCUT2D eigenvalue weighted by molar-refractivity contribution is 0.466. The van der Waals surface area contributed by atoms with Gasteiger partial charge in [0.25, 0.3) is 10.0 Å². The Labute approximate surface area is 172 Å². The minimum Gasteiger partial charge on any atom is -0.365 e. The molecule has 158 valence electrons. The summed E-state index contributed by atoms with van der Waals surface area (Å²) in [6, 6.07) is 3.76. The summed E-state index contributed by atoms with van der Waals surface area (Å²) in [5.74, 6) is -1.16. The van der Waals surface area contributed by atoms with Crippen molar-refractivity contribution in [3.63, 3.8) is 0 Å². The minimum absolute atomic E-state index is 0.0185. The number of sulfonamides is 1. The van der Waals surface area contributed by atoms with Crippen LogP contribution in [-0.4, -0.2) is 51.4 Å². The van der Waals surface area contributed by atoms with E-state index in [1.165, 1.54) is 41.2 Å². The molecular weight excluding hydrogens is 414 g/mol. The summed E-state index contributed by atoms with van der Waals surface area (Å²) in [4.78, 5) is 12.1. The second-order valence-corrected chi connectivity index (χ2v) is 9.13. The number of aromatic nitrogens is 4. The van der Waals surface area contributed by atoms with E-state index in [9.17, 15) is 17.2 Å². The fraction of sp³-hybridized carbons (Fsp3) is 0.316. The van der Waals surface area contributed by atoms with Crippen molar-refractivity contribution in [3.05, 3.63) is 66.0 Å². The van der Waals surface area contributed by atoms with E-state index < -0.39 is 33.6 Å². The molecule has 30 heavy (non-hydrogen) atoms. The second kappa shape index (κ2) is 7.73. The monoisotopic (exact) mass is 434 g/mol. The van der Waals surface area contributed by atoms with Crippen LogP contribution in [0.1, 0.15) is 17.2 Å². The number of nitrogens with zero attached hydrogens (tertiary/aromatic N) is 5. The van der Waals surface area contributed by atoms with Crippen LogP contribution in [0.15, 0.2) is 48.1 Å². The molecule has 0 aliphatic carbocycles. The van der Waals surface area contributed by atoms with Gasteiger partial charge >= 0.3 is 0 Å². The van der Waals surface area contributed by atoms with Crippen molar-refractivity contribution in [1.82, 2.24) is 23.8 Å². The molecule has 0 aromatic carbocycles. The number of halogens is 2. The Kier molecular flexibility index (Phi) is 5.24. The fourth-order valence-corrected chi connectivity index (χ4v) is 4.98. The first-order valence-electron chi connectivity index (χ1n) is 9.23. The van der Waals surface area contributed by atoms with E-state index in [0.29, 0.717) is 11.4 Å². The van der Waals surface area contributed by atoms with Gasteiger partial charge in [0, 0.05) is 38.4 Å². The third-order valence-corrected chi connectivity index (χ3v) is 6.81. The van der Waals surface area contributed by atoms with Crippen molar-refractivity contribution >= 4 is 15.8 Å². The Hall–Kier alpha value is -2.92. The van der Waals surface area contributed by atoms with Crippen LogP contribution in [0.2, 0.25) is 0 Å². The Morgan fingerprint density at radius 2 is 1.97 bits per heavy atom. The van der Waals surface area contributed by atoms with E-state index in [1.54, 1.807) is 18.5 Å². The molecule has 0 radical (unpaired) electrons. The van der Waals surface area contributed by atoms with Gasteiger partial charge in [-0.2, -0.15) is 4.31 Å². The maximum absolute atomic E-state index is 14.5. The first-order valence-corrected chi connectivity index (χ1v) is 10.7. The number of pyridine rings is 2. The van der Waals surface area contributed by atoms with Crippen molar-refractivity contribution in [1.29, 1.82) is 0 Å². The highest BCUT2D eigenvalue weighted by molar-refractivity contribution is 7.89. The molecule has 1 saturated heterocycles. The third-order valence-electron chi connectivity index (χ3n) is 5.09. The molecule has 3 aromatic heterocycles. The van der Waals surface area contributed by atoms with Crippen LogP contribution in [-0.2, 0) is 17.1 Å². The summed E-state index contributed by atoms with van der Waals surface area (Å²) in [5, 5.41) is 3.05. The molecule has 2 atom stereocenters. The fourth-order valence-electron chi connectivity index (χ4n) is 3.52. The van der Waals surface area contributed by atoms with E-state index in [0.717, 1.165) is 6.20 Å². The molecule has 1 fully saturated rings. The van der Waals surface area contributed by atoms with Gasteiger partial charge in [0.05, 0.1) is 24.3 Å². The van der Waals surface area contributed by atoms with Gasteiger partial charge in [0.15, 0.2) is 5.03 Å². The molecule has 0 saturated carbocycles. The zero-order valence-electron chi connectivity index (χ0n) is 16.3. The Morgan fingerprint density at radius 1 is 1.17 bits per heavy atom. The van der Waals surface area contributed by atoms with Crippen molar-refractivity contribution < 1.29 is 17.2 Å². The number of anilines is 1. The molecule has 0 bridgehead atoms. The third kappa shape index (κ3) is 3.77. The molecule has 1 N–H and O–H groups in total. The average molecular weight is 434 g/mol. The smallest absolute Gasteiger partial charge is 0.262 e. The van der Waals surface area contributed by atoms with Gasteiger partial charge in [-0.15, -0.1) is 0 Å². The van der Waals surface area contributed by atoms with E-state index in [1.807, 2.05) is 0 Å². The topological polar surface area (TPSA) is 93.0 Å². The van der Waals surface area contributed by atoms with Crippen LogP contribution < -0.4 is 5.32 Å². The molecule has 0 amide bonds. The molecule has 0 spiro atoms. The molecule has 0 unspecified atom stereocenters. The Balaban J connectivity index is 1.68. The summed E-state index contributed by atoms with van der Waals surface area (Å²) in [6.07, 6.45) is 5.37. The van der Waals surface area contributed by atoms with Gasteiger partial charge in [-0.1, -0.05) is 0 Å². The number of aryl methyl sites for hydroxylation is 2.